The lowest BCUT2D eigenvalue weighted by Crippen LogP contribution is -1.98. The molecular weight excluding hydrogens is 342 g/mol. The smallest absolute Gasteiger partial charge is 0.162 e. The van der Waals surface area contributed by atoms with Crippen LogP contribution >= 0.6 is 22.9 Å². The molecule has 5 heteroatoms. The molecule has 122 valence electrons. The molecule has 3 aromatic rings. The van der Waals surface area contributed by atoms with Gasteiger partial charge in [-0.3, -0.25) is 0 Å². The van der Waals surface area contributed by atoms with Crippen LogP contribution in [0, 0.1) is 0 Å². The first-order valence-corrected chi connectivity index (χ1v) is 8.59. The van der Waals surface area contributed by atoms with Crippen molar-refractivity contribution in [1.29, 1.82) is 0 Å². The lowest BCUT2D eigenvalue weighted by molar-refractivity contribution is 0.284. The predicted octanol–water partition coefficient (Wildman–Crippen LogP) is 5.69. The molecule has 0 aliphatic rings. The minimum absolute atomic E-state index is 0.367. The molecule has 0 fully saturated rings. The van der Waals surface area contributed by atoms with E-state index in [1.165, 1.54) is 0 Å². The number of aromatic nitrogens is 1. The van der Waals surface area contributed by atoms with Crippen LogP contribution in [0.5, 0.6) is 11.5 Å². The fourth-order valence-electron chi connectivity index (χ4n) is 2.24. The van der Waals surface area contributed by atoms with Gasteiger partial charge in [0.2, 0.25) is 0 Å². The lowest BCUT2D eigenvalue weighted by atomic mass is 10.2. The SMILES string of the molecule is C=Cc1ccc(OC)c(OCc2nc(-c3ccccc3Cl)cs2)c1. The maximum atomic E-state index is 6.22. The molecule has 0 N–H and O–H groups in total. The summed E-state index contributed by atoms with van der Waals surface area (Å²) in [6.45, 7) is 4.14. The van der Waals surface area contributed by atoms with Gasteiger partial charge in [0, 0.05) is 16.0 Å². The molecule has 0 atom stereocenters. The zero-order chi connectivity index (χ0) is 16.9. The Morgan fingerprint density at radius 3 is 2.79 bits per heavy atom. The molecule has 0 spiro atoms. The Kier molecular flexibility index (Phi) is 5.18. The van der Waals surface area contributed by atoms with Crippen LogP contribution in [-0.2, 0) is 6.61 Å². The molecule has 1 aromatic heterocycles. The Morgan fingerprint density at radius 2 is 2.04 bits per heavy atom. The van der Waals surface area contributed by atoms with Crippen molar-refractivity contribution < 1.29 is 9.47 Å². The Labute approximate surface area is 150 Å². The first-order valence-electron chi connectivity index (χ1n) is 7.34. The van der Waals surface area contributed by atoms with Gasteiger partial charge in [0.15, 0.2) is 11.5 Å². The van der Waals surface area contributed by atoms with Crippen LogP contribution in [0.25, 0.3) is 17.3 Å². The van der Waals surface area contributed by atoms with E-state index in [0.29, 0.717) is 23.1 Å². The summed E-state index contributed by atoms with van der Waals surface area (Å²) in [4.78, 5) is 4.60. The van der Waals surface area contributed by atoms with Gasteiger partial charge in [0.25, 0.3) is 0 Å². The van der Waals surface area contributed by atoms with Crippen LogP contribution in [-0.4, -0.2) is 12.1 Å². The van der Waals surface area contributed by atoms with Crippen molar-refractivity contribution in [3.63, 3.8) is 0 Å². The van der Waals surface area contributed by atoms with Crippen molar-refractivity contribution in [3.05, 3.63) is 70.0 Å². The number of thiazole rings is 1. The van der Waals surface area contributed by atoms with Gasteiger partial charge in [-0.05, 0) is 23.8 Å². The maximum Gasteiger partial charge on any atom is 0.162 e. The molecule has 0 aliphatic heterocycles. The minimum Gasteiger partial charge on any atom is -0.493 e. The summed E-state index contributed by atoms with van der Waals surface area (Å²) in [6.07, 6.45) is 1.77. The highest BCUT2D eigenvalue weighted by atomic mass is 35.5. The third-order valence-corrected chi connectivity index (χ3v) is 4.63. The monoisotopic (exact) mass is 357 g/mol. The van der Waals surface area contributed by atoms with Crippen LogP contribution < -0.4 is 9.47 Å². The van der Waals surface area contributed by atoms with Gasteiger partial charge in [0.05, 0.1) is 12.8 Å². The third-order valence-electron chi connectivity index (χ3n) is 3.48. The molecule has 2 aromatic carbocycles. The molecule has 3 nitrogen and oxygen atoms in total. The topological polar surface area (TPSA) is 31.4 Å². The quantitative estimate of drug-likeness (QED) is 0.567. The van der Waals surface area contributed by atoms with Gasteiger partial charge in [-0.2, -0.15) is 0 Å². The van der Waals surface area contributed by atoms with E-state index in [1.807, 2.05) is 47.8 Å². The highest BCUT2D eigenvalue weighted by Crippen LogP contribution is 2.31. The van der Waals surface area contributed by atoms with Crippen molar-refractivity contribution in [3.8, 4) is 22.8 Å². The van der Waals surface area contributed by atoms with E-state index in [2.05, 4.69) is 11.6 Å². The summed E-state index contributed by atoms with van der Waals surface area (Å²) >= 11 is 7.76. The number of hydrogen-bond acceptors (Lipinski definition) is 4. The predicted molar refractivity (Wildman–Crippen MR) is 100.0 cm³/mol. The second-order valence-corrected chi connectivity index (χ2v) is 6.36. The first kappa shape index (κ1) is 16.6. The van der Waals surface area contributed by atoms with Crippen LogP contribution in [0.2, 0.25) is 5.02 Å². The fraction of sp³-hybridized carbons (Fsp3) is 0.105. The van der Waals surface area contributed by atoms with Crippen molar-refractivity contribution in [2.24, 2.45) is 0 Å². The molecule has 0 saturated carbocycles. The molecule has 0 saturated heterocycles. The number of methoxy groups -OCH3 is 1. The summed E-state index contributed by atoms with van der Waals surface area (Å²) in [5.41, 5.74) is 2.76. The van der Waals surface area contributed by atoms with Crippen LogP contribution in [0.4, 0.5) is 0 Å². The van der Waals surface area contributed by atoms with Crippen molar-refractivity contribution in [2.45, 2.75) is 6.61 Å². The zero-order valence-corrected chi connectivity index (χ0v) is 14.7. The van der Waals surface area contributed by atoms with E-state index in [4.69, 9.17) is 21.1 Å². The second-order valence-electron chi connectivity index (χ2n) is 5.01. The molecule has 0 bridgehead atoms. The molecule has 0 unspecified atom stereocenters. The van der Waals surface area contributed by atoms with E-state index in [0.717, 1.165) is 21.8 Å². The van der Waals surface area contributed by atoms with E-state index >= 15 is 0 Å². The number of benzene rings is 2. The number of nitrogens with zero attached hydrogens (tertiary/aromatic N) is 1. The number of ether oxygens (including phenoxy) is 2. The van der Waals surface area contributed by atoms with Gasteiger partial charge in [-0.1, -0.05) is 48.5 Å². The minimum atomic E-state index is 0.367. The molecular formula is C19H16ClNO2S. The first-order chi connectivity index (χ1) is 11.7. The number of hydrogen-bond donors (Lipinski definition) is 0. The molecule has 24 heavy (non-hydrogen) atoms. The molecule has 3 rings (SSSR count). The van der Waals surface area contributed by atoms with E-state index in [1.54, 1.807) is 24.5 Å². The van der Waals surface area contributed by atoms with Crippen LogP contribution in [0.3, 0.4) is 0 Å². The van der Waals surface area contributed by atoms with Gasteiger partial charge >= 0.3 is 0 Å². The molecule has 0 amide bonds. The standard InChI is InChI=1S/C19H16ClNO2S/c1-3-13-8-9-17(22-2)18(10-13)23-11-19-21-16(12-24-19)14-6-4-5-7-15(14)20/h3-10,12H,1,11H2,2H3. The molecule has 0 radical (unpaired) electrons. The highest BCUT2D eigenvalue weighted by Gasteiger charge is 2.10. The van der Waals surface area contributed by atoms with Crippen LogP contribution in [0.15, 0.2) is 54.4 Å². The summed E-state index contributed by atoms with van der Waals surface area (Å²) in [7, 11) is 1.62. The van der Waals surface area contributed by atoms with Crippen LogP contribution in [0.1, 0.15) is 10.6 Å². The fourth-order valence-corrected chi connectivity index (χ4v) is 3.18. The Balaban J connectivity index is 1.77. The Bertz CT molecular complexity index is 860. The second kappa shape index (κ2) is 7.51. The van der Waals surface area contributed by atoms with E-state index in [-0.39, 0.29) is 0 Å². The number of rotatable bonds is 6. The third kappa shape index (κ3) is 3.61. The largest absolute Gasteiger partial charge is 0.493 e. The van der Waals surface area contributed by atoms with E-state index in [9.17, 15) is 0 Å². The van der Waals surface area contributed by atoms with Gasteiger partial charge in [-0.15, -0.1) is 11.3 Å². The van der Waals surface area contributed by atoms with E-state index < -0.39 is 0 Å². The average molecular weight is 358 g/mol. The summed E-state index contributed by atoms with van der Waals surface area (Å²) in [5, 5.41) is 3.55. The van der Waals surface area contributed by atoms with Crippen molar-refractivity contribution in [2.75, 3.05) is 7.11 Å². The van der Waals surface area contributed by atoms with Gasteiger partial charge in [-0.25, -0.2) is 4.98 Å². The average Bonchev–Trinajstić information content (AvgIpc) is 3.08. The summed E-state index contributed by atoms with van der Waals surface area (Å²) in [5.74, 6) is 1.35. The Morgan fingerprint density at radius 1 is 1.21 bits per heavy atom. The summed E-state index contributed by atoms with van der Waals surface area (Å²) in [6, 6.07) is 13.4. The zero-order valence-electron chi connectivity index (χ0n) is 13.2. The maximum absolute atomic E-state index is 6.22. The van der Waals surface area contributed by atoms with Crippen molar-refractivity contribution >= 4 is 29.0 Å². The van der Waals surface area contributed by atoms with Gasteiger partial charge < -0.3 is 9.47 Å². The lowest BCUT2D eigenvalue weighted by Gasteiger charge is -2.10. The van der Waals surface area contributed by atoms with Gasteiger partial charge in [0.1, 0.15) is 11.6 Å². The normalized spacial score (nSPS) is 10.4. The highest BCUT2D eigenvalue weighted by molar-refractivity contribution is 7.09. The molecule has 1 heterocycles. The molecule has 0 aliphatic carbocycles. The summed E-state index contributed by atoms with van der Waals surface area (Å²) < 4.78 is 11.2. The number of halogens is 1. The Hall–Kier alpha value is -2.30. The van der Waals surface area contributed by atoms with Crippen molar-refractivity contribution in [1.82, 2.24) is 4.98 Å².